The maximum absolute atomic E-state index is 13.3. The summed E-state index contributed by atoms with van der Waals surface area (Å²) in [5.41, 5.74) is 3.45. The molecular weight excluding hydrogens is 390 g/mol. The number of hydrogen-bond acceptors (Lipinski definition) is 3. The first-order chi connectivity index (χ1) is 13.9. The first-order valence-corrected chi connectivity index (χ1v) is 9.83. The molecule has 1 aromatic heterocycles. The number of rotatable bonds is 4. The Morgan fingerprint density at radius 1 is 1.21 bits per heavy atom. The number of halogens is 1. The molecule has 7 heteroatoms. The second-order valence-corrected chi connectivity index (χ2v) is 7.61. The number of benzene rings is 2. The molecular formula is C22H22ClN3O3. The number of aromatic nitrogens is 1. The third-order valence-electron chi connectivity index (χ3n) is 5.37. The summed E-state index contributed by atoms with van der Waals surface area (Å²) in [5, 5.41) is 4.32. The Balaban J connectivity index is 1.85. The fourth-order valence-electron chi connectivity index (χ4n) is 3.81. The topological polar surface area (TPSA) is 63.6 Å². The average molecular weight is 412 g/mol. The van der Waals surface area contributed by atoms with Crippen molar-refractivity contribution in [3.05, 3.63) is 52.7 Å². The standard InChI is InChI=1S/C22H22ClN3O3/c1-13-6-7-14(11-17(13)23)24-22(28)21-20(26-10-4-5-19(26)27)16-12-15(29-3)8-9-18(16)25(21)2/h6-9,11-12H,4-5,10H2,1-3H3,(H,24,28). The van der Waals surface area contributed by atoms with E-state index in [4.69, 9.17) is 16.3 Å². The molecule has 1 fully saturated rings. The monoisotopic (exact) mass is 411 g/mol. The summed E-state index contributed by atoms with van der Waals surface area (Å²) >= 11 is 6.20. The minimum absolute atomic E-state index is 0.0211. The van der Waals surface area contributed by atoms with E-state index in [1.807, 2.05) is 48.9 Å². The number of nitrogens with one attached hydrogen (secondary N) is 1. The van der Waals surface area contributed by atoms with Crippen molar-refractivity contribution < 1.29 is 14.3 Å². The number of methoxy groups -OCH3 is 1. The lowest BCUT2D eigenvalue weighted by Gasteiger charge is -2.18. The molecule has 0 saturated carbocycles. The minimum Gasteiger partial charge on any atom is -0.497 e. The molecule has 29 heavy (non-hydrogen) atoms. The Morgan fingerprint density at radius 2 is 2.00 bits per heavy atom. The highest BCUT2D eigenvalue weighted by Gasteiger charge is 2.31. The van der Waals surface area contributed by atoms with E-state index >= 15 is 0 Å². The van der Waals surface area contributed by atoms with E-state index in [1.54, 1.807) is 18.1 Å². The number of hydrogen-bond donors (Lipinski definition) is 1. The van der Waals surface area contributed by atoms with Crippen LogP contribution in [0.5, 0.6) is 5.75 Å². The molecule has 0 atom stereocenters. The molecule has 2 heterocycles. The van der Waals surface area contributed by atoms with Gasteiger partial charge in [0, 0.05) is 36.1 Å². The largest absolute Gasteiger partial charge is 0.497 e. The van der Waals surface area contributed by atoms with Gasteiger partial charge in [0.25, 0.3) is 5.91 Å². The van der Waals surface area contributed by atoms with Crippen molar-refractivity contribution in [2.75, 3.05) is 23.9 Å². The van der Waals surface area contributed by atoms with Crippen molar-refractivity contribution in [3.8, 4) is 5.75 Å². The Kier molecular flexibility index (Phi) is 4.96. The molecule has 6 nitrogen and oxygen atoms in total. The molecule has 0 spiro atoms. The Morgan fingerprint density at radius 3 is 2.66 bits per heavy atom. The highest BCUT2D eigenvalue weighted by molar-refractivity contribution is 6.31. The van der Waals surface area contributed by atoms with Crippen LogP contribution in [0.2, 0.25) is 5.02 Å². The molecule has 4 rings (SSSR count). The van der Waals surface area contributed by atoms with Gasteiger partial charge in [0.1, 0.15) is 11.4 Å². The van der Waals surface area contributed by atoms with E-state index < -0.39 is 0 Å². The van der Waals surface area contributed by atoms with Crippen LogP contribution in [0.15, 0.2) is 36.4 Å². The predicted octanol–water partition coefficient (Wildman–Crippen LogP) is 4.53. The lowest BCUT2D eigenvalue weighted by atomic mass is 10.1. The van der Waals surface area contributed by atoms with Gasteiger partial charge in [-0.2, -0.15) is 0 Å². The van der Waals surface area contributed by atoms with Crippen molar-refractivity contribution in [3.63, 3.8) is 0 Å². The van der Waals surface area contributed by atoms with Gasteiger partial charge in [-0.15, -0.1) is 0 Å². The van der Waals surface area contributed by atoms with Crippen LogP contribution in [-0.4, -0.2) is 30.0 Å². The van der Waals surface area contributed by atoms with Crippen molar-refractivity contribution in [2.45, 2.75) is 19.8 Å². The van der Waals surface area contributed by atoms with Crippen LogP contribution in [0, 0.1) is 6.92 Å². The Bertz CT molecular complexity index is 1140. The number of fused-ring (bicyclic) bond motifs is 1. The lowest BCUT2D eigenvalue weighted by molar-refractivity contribution is -0.117. The van der Waals surface area contributed by atoms with Gasteiger partial charge in [-0.1, -0.05) is 17.7 Å². The van der Waals surface area contributed by atoms with Crippen LogP contribution in [-0.2, 0) is 11.8 Å². The Hall–Kier alpha value is -2.99. The number of carbonyl (C=O) groups is 2. The maximum atomic E-state index is 13.3. The molecule has 3 aromatic rings. The Labute approximate surface area is 174 Å². The van der Waals surface area contributed by atoms with Crippen molar-refractivity contribution >= 4 is 45.7 Å². The quantitative estimate of drug-likeness (QED) is 0.686. The zero-order valence-electron chi connectivity index (χ0n) is 16.6. The second kappa shape index (κ2) is 7.44. The molecule has 2 aromatic carbocycles. The number of carbonyl (C=O) groups excluding carboxylic acids is 2. The molecule has 0 aliphatic carbocycles. The normalized spacial score (nSPS) is 13.9. The van der Waals surface area contributed by atoms with Gasteiger partial charge in [0.2, 0.25) is 5.91 Å². The predicted molar refractivity (Wildman–Crippen MR) is 115 cm³/mol. The highest BCUT2D eigenvalue weighted by Crippen LogP contribution is 2.38. The van der Waals surface area contributed by atoms with Crippen molar-refractivity contribution in [2.24, 2.45) is 7.05 Å². The molecule has 1 saturated heterocycles. The van der Waals surface area contributed by atoms with Gasteiger partial charge < -0.3 is 19.5 Å². The smallest absolute Gasteiger partial charge is 0.274 e. The molecule has 0 bridgehead atoms. The van der Waals surface area contributed by atoms with Gasteiger partial charge >= 0.3 is 0 Å². The summed E-state index contributed by atoms with van der Waals surface area (Å²) in [4.78, 5) is 27.5. The average Bonchev–Trinajstić information content (AvgIpc) is 3.24. The van der Waals surface area contributed by atoms with Crippen molar-refractivity contribution in [1.82, 2.24) is 4.57 Å². The molecule has 0 unspecified atom stereocenters. The summed E-state index contributed by atoms with van der Waals surface area (Å²) in [6.45, 7) is 2.49. The fourth-order valence-corrected chi connectivity index (χ4v) is 3.99. The number of anilines is 2. The molecule has 150 valence electrons. The van der Waals surface area contributed by atoms with Crippen LogP contribution < -0.4 is 15.0 Å². The fraction of sp³-hybridized carbons (Fsp3) is 0.273. The van der Waals surface area contributed by atoms with Gasteiger partial charge in [-0.3, -0.25) is 9.59 Å². The van der Waals surface area contributed by atoms with Gasteiger partial charge in [0.15, 0.2) is 0 Å². The molecule has 1 N–H and O–H groups in total. The van der Waals surface area contributed by atoms with Crippen LogP contribution in [0.3, 0.4) is 0 Å². The summed E-state index contributed by atoms with van der Waals surface area (Å²) in [6.07, 6.45) is 1.25. The summed E-state index contributed by atoms with van der Waals surface area (Å²) in [5.74, 6) is 0.401. The van der Waals surface area contributed by atoms with Crippen LogP contribution in [0.1, 0.15) is 28.9 Å². The van der Waals surface area contributed by atoms with E-state index in [0.29, 0.717) is 40.8 Å². The van der Waals surface area contributed by atoms with Gasteiger partial charge in [-0.25, -0.2) is 0 Å². The second-order valence-electron chi connectivity index (χ2n) is 7.21. The zero-order valence-corrected chi connectivity index (χ0v) is 17.3. The van der Waals surface area contributed by atoms with E-state index in [9.17, 15) is 9.59 Å². The molecule has 2 amide bonds. The minimum atomic E-state index is -0.294. The maximum Gasteiger partial charge on any atom is 0.274 e. The van der Waals surface area contributed by atoms with E-state index in [1.165, 1.54) is 0 Å². The van der Waals surface area contributed by atoms with Crippen molar-refractivity contribution in [1.29, 1.82) is 0 Å². The van der Waals surface area contributed by atoms with E-state index in [2.05, 4.69) is 5.32 Å². The summed E-state index contributed by atoms with van der Waals surface area (Å²) < 4.78 is 7.19. The lowest BCUT2D eigenvalue weighted by Crippen LogP contribution is -2.27. The SMILES string of the molecule is COc1ccc2c(c1)c(N1CCCC1=O)c(C(=O)Nc1ccc(C)c(Cl)c1)n2C. The molecule has 0 radical (unpaired) electrons. The number of ether oxygens (including phenoxy) is 1. The number of nitrogens with zero attached hydrogens (tertiary/aromatic N) is 2. The third-order valence-corrected chi connectivity index (χ3v) is 5.78. The number of amides is 2. The highest BCUT2D eigenvalue weighted by atomic mass is 35.5. The van der Waals surface area contributed by atoms with Crippen LogP contribution >= 0.6 is 11.6 Å². The summed E-state index contributed by atoms with van der Waals surface area (Å²) in [7, 11) is 3.43. The molecule has 1 aliphatic rings. The van der Waals surface area contributed by atoms with E-state index in [0.717, 1.165) is 22.9 Å². The molecule has 1 aliphatic heterocycles. The summed E-state index contributed by atoms with van der Waals surface area (Å²) in [6, 6.07) is 11.0. The third kappa shape index (κ3) is 3.34. The van der Waals surface area contributed by atoms with Gasteiger partial charge in [0.05, 0.1) is 18.3 Å². The number of aryl methyl sites for hydroxylation is 2. The first-order valence-electron chi connectivity index (χ1n) is 9.45. The van der Waals surface area contributed by atoms with Crippen LogP contribution in [0.25, 0.3) is 10.9 Å². The first kappa shape index (κ1) is 19.3. The van der Waals surface area contributed by atoms with E-state index in [-0.39, 0.29) is 11.8 Å². The zero-order chi connectivity index (χ0) is 20.7. The van der Waals surface area contributed by atoms with Gasteiger partial charge in [-0.05, 0) is 49.2 Å². The van der Waals surface area contributed by atoms with Crippen LogP contribution in [0.4, 0.5) is 11.4 Å².